The first-order chi connectivity index (χ1) is 14.9. The van der Waals surface area contributed by atoms with Crippen LogP contribution in [-0.2, 0) is 11.3 Å². The molecule has 0 saturated heterocycles. The number of amides is 2. The zero-order chi connectivity index (χ0) is 22.0. The van der Waals surface area contributed by atoms with Crippen molar-refractivity contribution < 1.29 is 9.59 Å². The maximum atomic E-state index is 13.3. The lowest BCUT2D eigenvalue weighted by Crippen LogP contribution is -2.45. The van der Waals surface area contributed by atoms with Gasteiger partial charge in [-0.15, -0.1) is 11.3 Å². The summed E-state index contributed by atoms with van der Waals surface area (Å²) in [5, 5.41) is 6.17. The Morgan fingerprint density at radius 1 is 1.32 bits per heavy atom. The number of aromatic amines is 1. The molecule has 0 fully saturated rings. The van der Waals surface area contributed by atoms with E-state index in [0.29, 0.717) is 5.39 Å². The molecule has 2 amide bonds. The largest absolute Gasteiger partial charge is 0.328 e. The number of pyridine rings is 1. The van der Waals surface area contributed by atoms with Gasteiger partial charge in [-0.3, -0.25) is 9.59 Å². The third kappa shape index (κ3) is 4.45. The van der Waals surface area contributed by atoms with Gasteiger partial charge in [0.15, 0.2) is 5.78 Å². The number of hydrogen-bond acceptors (Lipinski definition) is 5. The van der Waals surface area contributed by atoms with E-state index in [1.165, 1.54) is 23.5 Å². The highest BCUT2D eigenvalue weighted by molar-refractivity contribution is 7.07. The molecule has 0 saturated carbocycles. The van der Waals surface area contributed by atoms with Crippen LogP contribution in [0.4, 0.5) is 4.79 Å². The van der Waals surface area contributed by atoms with E-state index >= 15 is 0 Å². The number of carbonyl (C=O) groups excluding carboxylic acids is 2. The van der Waals surface area contributed by atoms with Crippen molar-refractivity contribution in [2.75, 3.05) is 0 Å². The molecule has 1 aliphatic rings. The van der Waals surface area contributed by atoms with E-state index in [1.54, 1.807) is 34.8 Å². The number of rotatable bonds is 5. The molecule has 31 heavy (non-hydrogen) atoms. The first-order valence-corrected chi connectivity index (χ1v) is 10.9. The van der Waals surface area contributed by atoms with Crippen molar-refractivity contribution >= 4 is 45.5 Å². The van der Waals surface area contributed by atoms with Crippen molar-refractivity contribution in [3.05, 3.63) is 86.2 Å². The average Bonchev–Trinajstić information content (AvgIpc) is 3.28. The Hall–Kier alpha value is -3.23. The van der Waals surface area contributed by atoms with Gasteiger partial charge in [-0.2, -0.15) is 0 Å². The lowest BCUT2D eigenvalue weighted by atomic mass is 10.0. The van der Waals surface area contributed by atoms with Gasteiger partial charge in [-0.25, -0.2) is 9.78 Å². The maximum absolute atomic E-state index is 13.3. The monoisotopic (exact) mass is 454 g/mol. The quantitative estimate of drug-likeness (QED) is 0.611. The van der Waals surface area contributed by atoms with Crippen molar-refractivity contribution in [2.24, 2.45) is 0 Å². The van der Waals surface area contributed by atoms with Crippen LogP contribution >= 0.6 is 22.9 Å². The third-order valence-electron chi connectivity index (χ3n) is 5.14. The van der Waals surface area contributed by atoms with E-state index in [9.17, 15) is 14.4 Å². The zero-order valence-electron chi connectivity index (χ0n) is 16.5. The van der Waals surface area contributed by atoms with Gasteiger partial charge in [-0.05, 0) is 36.1 Å². The molecule has 0 bridgehead atoms. The van der Waals surface area contributed by atoms with Crippen LogP contribution in [-0.4, -0.2) is 32.7 Å². The fourth-order valence-electron chi connectivity index (χ4n) is 3.50. The van der Waals surface area contributed by atoms with E-state index in [-0.39, 0.29) is 35.0 Å². The Labute approximate surface area is 187 Å². The molecular weight excluding hydrogens is 436 g/mol. The van der Waals surface area contributed by atoms with Crippen LogP contribution in [0, 0.1) is 0 Å². The molecule has 158 valence electrons. The summed E-state index contributed by atoms with van der Waals surface area (Å²) in [7, 11) is 0. The Morgan fingerprint density at radius 2 is 2.10 bits per heavy atom. The van der Waals surface area contributed by atoms with Gasteiger partial charge in [0.05, 0.1) is 34.9 Å². The number of hydrogen-bond donors (Lipinski definition) is 2. The summed E-state index contributed by atoms with van der Waals surface area (Å²) >= 11 is 7.38. The highest BCUT2D eigenvalue weighted by Gasteiger charge is 2.26. The molecule has 4 rings (SSSR count). The van der Waals surface area contributed by atoms with Gasteiger partial charge in [0.2, 0.25) is 0 Å². The summed E-state index contributed by atoms with van der Waals surface area (Å²) < 4.78 is 0. The third-order valence-corrected chi connectivity index (χ3v) is 6.09. The molecule has 2 heterocycles. The van der Waals surface area contributed by atoms with Crippen molar-refractivity contribution in [1.29, 1.82) is 0 Å². The number of halogens is 1. The van der Waals surface area contributed by atoms with Gasteiger partial charge >= 0.3 is 6.03 Å². The van der Waals surface area contributed by atoms with Gasteiger partial charge < -0.3 is 15.2 Å². The Morgan fingerprint density at radius 3 is 2.81 bits per heavy atom. The minimum absolute atomic E-state index is 0.0681. The molecule has 9 heteroatoms. The number of nitrogens with zero attached hydrogens (tertiary/aromatic N) is 2. The molecule has 2 unspecified atom stereocenters. The average molecular weight is 455 g/mol. The molecule has 3 aromatic rings. The number of aromatic nitrogens is 2. The highest BCUT2D eigenvalue weighted by atomic mass is 35.5. The molecule has 0 spiro atoms. The van der Waals surface area contributed by atoms with Crippen LogP contribution in [0.5, 0.6) is 0 Å². The first-order valence-electron chi connectivity index (χ1n) is 9.58. The minimum Gasteiger partial charge on any atom is -0.328 e. The molecule has 2 aromatic heterocycles. The zero-order valence-corrected chi connectivity index (χ0v) is 18.1. The number of allylic oxidation sites excluding steroid dienone is 2. The lowest BCUT2D eigenvalue weighted by molar-refractivity contribution is -0.110. The normalized spacial score (nSPS) is 16.8. The smallest absolute Gasteiger partial charge is 0.318 e. The summed E-state index contributed by atoms with van der Waals surface area (Å²) in [6.07, 6.45) is 6.08. The summed E-state index contributed by atoms with van der Waals surface area (Å²) in [4.78, 5) is 45.8. The summed E-state index contributed by atoms with van der Waals surface area (Å²) in [6.45, 7) is 2.17. The van der Waals surface area contributed by atoms with Gasteiger partial charge in [0.1, 0.15) is 0 Å². The van der Waals surface area contributed by atoms with Crippen LogP contribution in [0.25, 0.3) is 10.8 Å². The number of nitrogens with one attached hydrogen (secondary N) is 2. The van der Waals surface area contributed by atoms with E-state index in [2.05, 4.69) is 15.3 Å². The molecule has 2 atom stereocenters. The van der Waals surface area contributed by atoms with Crippen LogP contribution in [0.1, 0.15) is 24.2 Å². The number of fused-ring (bicyclic) bond motifs is 1. The predicted octanol–water partition coefficient (Wildman–Crippen LogP) is 3.89. The fraction of sp³-hybridized carbons (Fsp3) is 0.182. The number of carbonyl (C=O) groups is 2. The van der Waals surface area contributed by atoms with Gasteiger partial charge in [-0.1, -0.05) is 35.9 Å². The van der Waals surface area contributed by atoms with Crippen molar-refractivity contribution in [3.8, 4) is 0 Å². The standard InChI is InChI=1S/C22H19ClN4O3S/c1-13(18-9-24-21(29)17-5-3-2-4-16(17)18)27(10-15-11-31-12-25-15)22(30)26-14-6-7-20(28)19(23)8-14/h2-9,11-14H,10H2,1H3,(H,24,29)(H,26,30). The Kier molecular flexibility index (Phi) is 6.01. The van der Waals surface area contributed by atoms with Gasteiger partial charge in [0.25, 0.3) is 5.56 Å². The van der Waals surface area contributed by atoms with E-state index in [1.807, 2.05) is 24.4 Å². The molecule has 7 nitrogen and oxygen atoms in total. The number of ketones is 1. The summed E-state index contributed by atoms with van der Waals surface area (Å²) in [6, 6.07) is 6.06. The fourth-order valence-corrected chi connectivity index (χ4v) is 4.25. The maximum Gasteiger partial charge on any atom is 0.318 e. The molecule has 1 aliphatic carbocycles. The summed E-state index contributed by atoms with van der Waals surface area (Å²) in [5.74, 6) is -0.292. The van der Waals surface area contributed by atoms with Crippen LogP contribution in [0.15, 0.2) is 69.4 Å². The second-order valence-electron chi connectivity index (χ2n) is 7.12. The topological polar surface area (TPSA) is 95.2 Å². The van der Waals surface area contributed by atoms with Crippen LogP contribution in [0.3, 0.4) is 0 Å². The summed E-state index contributed by atoms with van der Waals surface area (Å²) in [5.41, 5.74) is 3.09. The van der Waals surface area contributed by atoms with Gasteiger partial charge in [0, 0.05) is 17.0 Å². The molecule has 0 radical (unpaired) electrons. The van der Waals surface area contributed by atoms with E-state index < -0.39 is 6.04 Å². The molecule has 0 aliphatic heterocycles. The van der Waals surface area contributed by atoms with Crippen LogP contribution < -0.4 is 10.9 Å². The molecule has 1 aromatic carbocycles. The Bertz CT molecular complexity index is 1250. The predicted molar refractivity (Wildman–Crippen MR) is 121 cm³/mol. The van der Waals surface area contributed by atoms with E-state index in [4.69, 9.17) is 11.6 Å². The lowest BCUT2D eigenvalue weighted by Gasteiger charge is -2.31. The SMILES string of the molecule is CC(c1c[nH]c(=O)c2ccccc12)N(Cc1cscn1)C(=O)NC1C=CC(=O)C(Cl)=C1. The van der Waals surface area contributed by atoms with Crippen molar-refractivity contribution in [3.63, 3.8) is 0 Å². The van der Waals surface area contributed by atoms with Crippen molar-refractivity contribution in [2.45, 2.75) is 25.6 Å². The number of benzene rings is 1. The molecular formula is C22H19ClN4O3S. The second kappa shape index (κ2) is 8.87. The first kappa shape index (κ1) is 21.0. The van der Waals surface area contributed by atoms with E-state index in [0.717, 1.165) is 16.6 Å². The Balaban J connectivity index is 1.68. The number of urea groups is 1. The number of thiazole rings is 1. The van der Waals surface area contributed by atoms with Crippen molar-refractivity contribution in [1.82, 2.24) is 20.2 Å². The second-order valence-corrected chi connectivity index (χ2v) is 8.24. The molecule has 2 N–H and O–H groups in total. The number of H-pyrrole nitrogens is 1. The minimum atomic E-state index is -0.504. The van der Waals surface area contributed by atoms with Crippen LogP contribution in [0.2, 0.25) is 0 Å². The highest BCUT2D eigenvalue weighted by Crippen LogP contribution is 2.27.